The minimum absolute atomic E-state index is 0.0558. The first-order chi connectivity index (χ1) is 13.6. The van der Waals surface area contributed by atoms with Gasteiger partial charge in [-0.05, 0) is 68.0 Å². The summed E-state index contributed by atoms with van der Waals surface area (Å²) in [5.74, 6) is 0.691. The Labute approximate surface area is 161 Å². The van der Waals surface area contributed by atoms with E-state index >= 15 is 0 Å². The third-order valence-electron chi connectivity index (χ3n) is 5.42. The smallest absolute Gasteiger partial charge is 0.277 e. The van der Waals surface area contributed by atoms with Gasteiger partial charge in [-0.15, -0.1) is 0 Å². The van der Waals surface area contributed by atoms with Crippen LogP contribution in [-0.2, 0) is 12.8 Å². The molecule has 0 radical (unpaired) electrons. The Morgan fingerprint density at radius 2 is 1.93 bits per heavy atom. The molecule has 0 atom stereocenters. The second-order valence-corrected chi connectivity index (χ2v) is 7.63. The minimum Gasteiger partial charge on any atom is -0.322 e. The van der Waals surface area contributed by atoms with Crippen LogP contribution in [0.1, 0.15) is 41.1 Å². The molecule has 5 rings (SSSR count). The molecule has 1 aliphatic carbocycles. The molecule has 1 aliphatic rings. The number of hydrogen-bond donors (Lipinski definition) is 2. The van der Waals surface area contributed by atoms with Crippen LogP contribution in [-0.4, -0.2) is 19.7 Å². The molecule has 6 heteroatoms. The largest absolute Gasteiger partial charge is 0.322 e. The van der Waals surface area contributed by atoms with Crippen LogP contribution in [0.5, 0.6) is 0 Å². The molecule has 2 aromatic heterocycles. The third kappa shape index (κ3) is 3.05. The predicted octanol–water partition coefficient (Wildman–Crippen LogP) is 4.15. The number of rotatable bonds is 5. The lowest BCUT2D eigenvalue weighted by atomic mass is 10.0. The number of aromatic nitrogens is 4. The van der Waals surface area contributed by atoms with Gasteiger partial charge in [0.1, 0.15) is 5.82 Å². The summed E-state index contributed by atoms with van der Waals surface area (Å²) in [5, 5.41) is 3.30. The van der Waals surface area contributed by atoms with Crippen LogP contribution in [0.2, 0.25) is 0 Å². The molecule has 4 aromatic rings. The van der Waals surface area contributed by atoms with Gasteiger partial charge in [0.15, 0.2) is 0 Å². The summed E-state index contributed by atoms with van der Waals surface area (Å²) in [4.78, 5) is 21.0. The predicted molar refractivity (Wildman–Crippen MR) is 107 cm³/mol. The second kappa shape index (κ2) is 6.48. The van der Waals surface area contributed by atoms with Crippen molar-refractivity contribution in [2.45, 2.75) is 38.5 Å². The first-order valence-electron chi connectivity index (χ1n) is 9.63. The monoisotopic (exact) mass is 376 g/mol. The van der Waals surface area contributed by atoms with E-state index in [9.17, 15) is 9.18 Å². The zero-order valence-corrected chi connectivity index (χ0v) is 15.6. The van der Waals surface area contributed by atoms with E-state index in [-0.39, 0.29) is 11.4 Å². The SMILES string of the molecule is Cc1ccc2nc(-n3[nH]c(C4CC4)c(CCc4ccc(F)cc4)c3=O)[nH]c2c1. The number of halogens is 1. The summed E-state index contributed by atoms with van der Waals surface area (Å²) in [6.45, 7) is 2.03. The summed E-state index contributed by atoms with van der Waals surface area (Å²) in [6, 6.07) is 12.5. The van der Waals surface area contributed by atoms with Gasteiger partial charge < -0.3 is 4.98 Å². The molecule has 2 heterocycles. The van der Waals surface area contributed by atoms with Gasteiger partial charge in [-0.25, -0.2) is 9.37 Å². The lowest BCUT2D eigenvalue weighted by molar-refractivity contribution is 0.627. The van der Waals surface area contributed by atoms with Gasteiger partial charge in [-0.3, -0.25) is 9.89 Å². The van der Waals surface area contributed by atoms with Gasteiger partial charge in [0, 0.05) is 17.2 Å². The lowest BCUT2D eigenvalue weighted by Crippen LogP contribution is -2.19. The van der Waals surface area contributed by atoms with Gasteiger partial charge in [0.25, 0.3) is 5.56 Å². The van der Waals surface area contributed by atoms with Crippen LogP contribution in [0.15, 0.2) is 47.3 Å². The van der Waals surface area contributed by atoms with E-state index in [2.05, 4.69) is 15.1 Å². The van der Waals surface area contributed by atoms with Gasteiger partial charge in [-0.2, -0.15) is 4.68 Å². The van der Waals surface area contributed by atoms with Crippen molar-refractivity contribution >= 4 is 11.0 Å². The number of aromatic amines is 2. The fourth-order valence-electron chi connectivity index (χ4n) is 3.73. The average Bonchev–Trinajstić information content (AvgIpc) is 3.36. The molecule has 0 saturated heterocycles. The standard InChI is InChI=1S/C22H21FN4O/c1-13-2-11-18-19(12-13)25-22(24-18)27-21(28)17(20(26-27)15-6-7-15)10-5-14-3-8-16(23)9-4-14/h2-4,8-9,11-12,15,26H,5-7,10H2,1H3,(H,24,25). The number of hydrogen-bond acceptors (Lipinski definition) is 2. The molecule has 0 unspecified atom stereocenters. The molecular formula is C22H21FN4O. The highest BCUT2D eigenvalue weighted by molar-refractivity contribution is 5.76. The molecule has 0 aliphatic heterocycles. The van der Waals surface area contributed by atoms with Crippen molar-refractivity contribution in [3.05, 3.63) is 81.0 Å². The Morgan fingerprint density at radius 3 is 2.68 bits per heavy atom. The number of H-pyrrole nitrogens is 2. The zero-order chi connectivity index (χ0) is 19.3. The van der Waals surface area contributed by atoms with Gasteiger partial charge in [-0.1, -0.05) is 18.2 Å². The zero-order valence-electron chi connectivity index (χ0n) is 15.6. The maximum atomic E-state index is 13.2. The van der Waals surface area contributed by atoms with Gasteiger partial charge in [0.2, 0.25) is 5.95 Å². The molecule has 2 aromatic carbocycles. The van der Waals surface area contributed by atoms with Crippen LogP contribution in [0.25, 0.3) is 17.0 Å². The normalized spacial score (nSPS) is 14.1. The number of nitrogens with zero attached hydrogens (tertiary/aromatic N) is 2. The van der Waals surface area contributed by atoms with E-state index in [4.69, 9.17) is 0 Å². The molecular weight excluding hydrogens is 355 g/mol. The Bertz CT molecular complexity index is 1210. The molecule has 2 N–H and O–H groups in total. The Kier molecular flexibility index (Phi) is 3.93. The summed E-state index contributed by atoms with van der Waals surface area (Å²) < 4.78 is 14.7. The van der Waals surface area contributed by atoms with E-state index in [1.807, 2.05) is 25.1 Å². The molecule has 142 valence electrons. The molecule has 28 heavy (non-hydrogen) atoms. The first kappa shape index (κ1) is 17.0. The number of fused-ring (bicyclic) bond motifs is 1. The van der Waals surface area contributed by atoms with E-state index in [0.29, 0.717) is 24.7 Å². The topological polar surface area (TPSA) is 66.5 Å². The van der Waals surface area contributed by atoms with Gasteiger partial charge in [0.05, 0.1) is 11.0 Å². The summed E-state index contributed by atoms with van der Waals surface area (Å²) >= 11 is 0. The van der Waals surface area contributed by atoms with Crippen molar-refractivity contribution in [2.75, 3.05) is 0 Å². The highest BCUT2D eigenvalue weighted by Gasteiger charge is 2.30. The summed E-state index contributed by atoms with van der Waals surface area (Å²) in [7, 11) is 0. The molecule has 0 bridgehead atoms. The molecule has 0 amide bonds. The Balaban J connectivity index is 1.51. The maximum Gasteiger partial charge on any atom is 0.277 e. The number of aryl methyl sites for hydroxylation is 2. The van der Waals surface area contributed by atoms with E-state index in [1.54, 1.807) is 12.1 Å². The van der Waals surface area contributed by atoms with Crippen molar-refractivity contribution in [1.29, 1.82) is 0 Å². The second-order valence-electron chi connectivity index (χ2n) is 7.63. The fourth-order valence-corrected chi connectivity index (χ4v) is 3.73. The molecule has 5 nitrogen and oxygen atoms in total. The van der Waals surface area contributed by atoms with Crippen LogP contribution in [0.4, 0.5) is 4.39 Å². The van der Waals surface area contributed by atoms with Crippen LogP contribution < -0.4 is 5.56 Å². The lowest BCUT2D eigenvalue weighted by Gasteiger charge is -2.01. The average molecular weight is 376 g/mol. The fraction of sp³-hybridized carbons (Fsp3) is 0.273. The van der Waals surface area contributed by atoms with Crippen LogP contribution in [0.3, 0.4) is 0 Å². The highest BCUT2D eigenvalue weighted by Crippen LogP contribution is 2.40. The van der Waals surface area contributed by atoms with Crippen LogP contribution in [0, 0.1) is 12.7 Å². The highest BCUT2D eigenvalue weighted by atomic mass is 19.1. The number of imidazole rings is 1. The van der Waals surface area contributed by atoms with E-state index in [1.165, 1.54) is 16.8 Å². The van der Waals surface area contributed by atoms with Crippen molar-refractivity contribution in [3.63, 3.8) is 0 Å². The van der Waals surface area contributed by atoms with Crippen molar-refractivity contribution < 1.29 is 4.39 Å². The van der Waals surface area contributed by atoms with Gasteiger partial charge >= 0.3 is 0 Å². The van der Waals surface area contributed by atoms with Crippen molar-refractivity contribution in [1.82, 2.24) is 19.7 Å². The molecule has 1 saturated carbocycles. The first-order valence-corrected chi connectivity index (χ1v) is 9.63. The molecule has 1 fully saturated rings. The summed E-state index contributed by atoms with van der Waals surface area (Å²) in [5.41, 5.74) is 5.68. The number of benzene rings is 2. The van der Waals surface area contributed by atoms with Crippen molar-refractivity contribution in [3.8, 4) is 5.95 Å². The Hall–Kier alpha value is -3.15. The van der Waals surface area contributed by atoms with E-state index in [0.717, 1.165) is 46.3 Å². The van der Waals surface area contributed by atoms with Crippen LogP contribution >= 0.6 is 0 Å². The maximum absolute atomic E-state index is 13.2. The minimum atomic E-state index is -0.244. The third-order valence-corrected chi connectivity index (χ3v) is 5.42. The van der Waals surface area contributed by atoms with Crippen molar-refractivity contribution in [2.24, 2.45) is 0 Å². The Morgan fingerprint density at radius 1 is 1.14 bits per heavy atom. The van der Waals surface area contributed by atoms with E-state index < -0.39 is 0 Å². The quantitative estimate of drug-likeness (QED) is 0.549. The summed E-state index contributed by atoms with van der Waals surface area (Å²) in [6.07, 6.45) is 3.53. The molecule has 0 spiro atoms. The number of nitrogens with one attached hydrogen (secondary N) is 2.